The van der Waals surface area contributed by atoms with Crippen LogP contribution in [-0.4, -0.2) is 15.0 Å². The Kier molecular flexibility index (Phi) is 2.65. The second-order valence-electron chi connectivity index (χ2n) is 4.18. The smallest absolute Gasteiger partial charge is 0.0944 e. The molecule has 3 nitrogen and oxygen atoms in total. The molecule has 0 bridgehead atoms. The van der Waals surface area contributed by atoms with E-state index in [2.05, 4.69) is 41.5 Å². The maximum absolute atomic E-state index is 4.19. The minimum absolute atomic E-state index is 1.00. The normalized spacial score (nSPS) is 10.5. The van der Waals surface area contributed by atoms with Gasteiger partial charge in [-0.3, -0.25) is 0 Å². The quantitative estimate of drug-likeness (QED) is 0.682. The predicted octanol–water partition coefficient (Wildman–Crippen LogP) is 3.24. The zero-order valence-corrected chi connectivity index (χ0v) is 10.1. The fraction of sp³-hybridized carbons (Fsp3) is 0.0667. The van der Waals surface area contributed by atoms with Crippen LogP contribution in [0.3, 0.4) is 0 Å². The second kappa shape index (κ2) is 4.45. The minimum atomic E-state index is 1.00. The van der Waals surface area contributed by atoms with Gasteiger partial charge in [-0.1, -0.05) is 53.7 Å². The van der Waals surface area contributed by atoms with Gasteiger partial charge in [-0.25, -0.2) is 4.68 Å². The average molecular weight is 235 g/mol. The molecule has 0 aliphatic rings. The molecule has 0 atom stereocenters. The molecule has 3 heteroatoms. The Morgan fingerprint density at radius 2 is 1.61 bits per heavy atom. The summed E-state index contributed by atoms with van der Waals surface area (Å²) in [6.45, 7) is 2.08. The van der Waals surface area contributed by atoms with Crippen LogP contribution < -0.4 is 0 Å². The van der Waals surface area contributed by atoms with Crippen LogP contribution in [0.25, 0.3) is 16.9 Å². The van der Waals surface area contributed by atoms with Crippen LogP contribution in [0.5, 0.6) is 0 Å². The Morgan fingerprint density at radius 3 is 2.39 bits per heavy atom. The summed E-state index contributed by atoms with van der Waals surface area (Å²) in [5, 5.41) is 8.22. The van der Waals surface area contributed by atoms with Crippen molar-refractivity contribution in [1.82, 2.24) is 15.0 Å². The van der Waals surface area contributed by atoms with E-state index in [9.17, 15) is 0 Å². The van der Waals surface area contributed by atoms with Gasteiger partial charge in [-0.05, 0) is 18.6 Å². The predicted molar refractivity (Wildman–Crippen MR) is 71.5 cm³/mol. The van der Waals surface area contributed by atoms with Crippen molar-refractivity contribution in [1.29, 1.82) is 0 Å². The van der Waals surface area contributed by atoms with Crippen LogP contribution in [0.2, 0.25) is 0 Å². The fourth-order valence-corrected chi connectivity index (χ4v) is 2.02. The zero-order chi connectivity index (χ0) is 12.4. The van der Waals surface area contributed by atoms with Crippen molar-refractivity contribution >= 4 is 0 Å². The highest BCUT2D eigenvalue weighted by atomic mass is 15.4. The highest BCUT2D eigenvalue weighted by Gasteiger charge is 2.09. The van der Waals surface area contributed by atoms with Gasteiger partial charge in [0, 0.05) is 5.56 Å². The molecule has 1 heterocycles. The van der Waals surface area contributed by atoms with Gasteiger partial charge in [-0.2, -0.15) is 0 Å². The largest absolute Gasteiger partial charge is 0.213 e. The molecular formula is C15H13N3. The molecule has 0 amide bonds. The summed E-state index contributed by atoms with van der Waals surface area (Å²) in [6, 6.07) is 18.3. The van der Waals surface area contributed by atoms with Crippen LogP contribution in [0.4, 0.5) is 0 Å². The molecule has 0 spiro atoms. The monoisotopic (exact) mass is 235 g/mol. The first-order valence-corrected chi connectivity index (χ1v) is 5.88. The standard InChI is InChI=1S/C15H13N3/c1-12-7-5-6-10-14(12)18-15(11-16-17-18)13-8-3-2-4-9-13/h2-11H,1H3. The number of rotatable bonds is 2. The fourth-order valence-electron chi connectivity index (χ4n) is 2.02. The number of hydrogen-bond donors (Lipinski definition) is 0. The van der Waals surface area contributed by atoms with Gasteiger partial charge in [0.1, 0.15) is 0 Å². The third-order valence-corrected chi connectivity index (χ3v) is 2.96. The van der Waals surface area contributed by atoms with E-state index in [-0.39, 0.29) is 0 Å². The lowest BCUT2D eigenvalue weighted by Gasteiger charge is -2.08. The number of hydrogen-bond acceptors (Lipinski definition) is 2. The van der Waals surface area contributed by atoms with Crippen LogP contribution in [0.15, 0.2) is 60.8 Å². The van der Waals surface area contributed by atoms with Crippen molar-refractivity contribution < 1.29 is 0 Å². The number of aryl methyl sites for hydroxylation is 1. The summed E-state index contributed by atoms with van der Waals surface area (Å²) in [6.07, 6.45) is 1.79. The summed E-state index contributed by atoms with van der Waals surface area (Å²) in [5.74, 6) is 0. The molecule has 0 unspecified atom stereocenters. The molecule has 0 N–H and O–H groups in total. The maximum atomic E-state index is 4.19. The Balaban J connectivity index is 2.16. The van der Waals surface area contributed by atoms with Crippen LogP contribution >= 0.6 is 0 Å². The van der Waals surface area contributed by atoms with Crippen molar-refractivity contribution in [3.8, 4) is 16.9 Å². The molecule has 0 saturated heterocycles. The summed E-state index contributed by atoms with van der Waals surface area (Å²) < 4.78 is 1.88. The van der Waals surface area contributed by atoms with E-state index < -0.39 is 0 Å². The topological polar surface area (TPSA) is 30.7 Å². The van der Waals surface area contributed by atoms with Gasteiger partial charge in [-0.15, -0.1) is 5.10 Å². The zero-order valence-electron chi connectivity index (χ0n) is 10.1. The molecule has 0 aliphatic heterocycles. The molecule has 3 rings (SSSR count). The van der Waals surface area contributed by atoms with Crippen LogP contribution in [-0.2, 0) is 0 Å². The SMILES string of the molecule is Cc1ccccc1-n1nncc1-c1ccccc1. The van der Waals surface area contributed by atoms with Gasteiger partial charge in [0.15, 0.2) is 0 Å². The number of nitrogens with zero attached hydrogens (tertiary/aromatic N) is 3. The minimum Gasteiger partial charge on any atom is -0.213 e. The van der Waals surface area contributed by atoms with Gasteiger partial charge in [0.2, 0.25) is 0 Å². The van der Waals surface area contributed by atoms with E-state index in [1.807, 2.05) is 35.0 Å². The van der Waals surface area contributed by atoms with Gasteiger partial charge < -0.3 is 0 Å². The van der Waals surface area contributed by atoms with E-state index in [1.165, 1.54) is 5.56 Å². The lowest BCUT2D eigenvalue weighted by molar-refractivity contribution is 0.803. The molecule has 3 aromatic rings. The van der Waals surface area contributed by atoms with Crippen molar-refractivity contribution in [2.45, 2.75) is 6.92 Å². The first-order valence-electron chi connectivity index (χ1n) is 5.88. The van der Waals surface area contributed by atoms with Gasteiger partial charge >= 0.3 is 0 Å². The molecule has 88 valence electrons. The third-order valence-electron chi connectivity index (χ3n) is 2.96. The average Bonchev–Trinajstić information content (AvgIpc) is 2.89. The molecule has 0 fully saturated rings. The van der Waals surface area contributed by atoms with E-state index in [4.69, 9.17) is 0 Å². The van der Waals surface area contributed by atoms with E-state index in [0.717, 1.165) is 16.9 Å². The van der Waals surface area contributed by atoms with Crippen molar-refractivity contribution in [2.75, 3.05) is 0 Å². The molecule has 0 aliphatic carbocycles. The number of aromatic nitrogens is 3. The third kappa shape index (κ3) is 1.80. The molecule has 18 heavy (non-hydrogen) atoms. The van der Waals surface area contributed by atoms with Crippen LogP contribution in [0, 0.1) is 6.92 Å². The Morgan fingerprint density at radius 1 is 0.889 bits per heavy atom. The van der Waals surface area contributed by atoms with E-state index in [1.54, 1.807) is 6.20 Å². The first-order chi connectivity index (χ1) is 8.86. The maximum Gasteiger partial charge on any atom is 0.0944 e. The first kappa shape index (κ1) is 10.7. The Labute approximate surface area is 106 Å². The molecule has 2 aromatic carbocycles. The van der Waals surface area contributed by atoms with Gasteiger partial charge in [0.25, 0.3) is 0 Å². The molecule has 0 saturated carbocycles. The lowest BCUT2D eigenvalue weighted by Crippen LogP contribution is -2.01. The highest BCUT2D eigenvalue weighted by Crippen LogP contribution is 2.22. The van der Waals surface area contributed by atoms with Crippen molar-refractivity contribution in [2.24, 2.45) is 0 Å². The second-order valence-corrected chi connectivity index (χ2v) is 4.18. The van der Waals surface area contributed by atoms with Crippen molar-refractivity contribution in [3.63, 3.8) is 0 Å². The summed E-state index contributed by atoms with van der Waals surface area (Å²) in [4.78, 5) is 0. The number of para-hydroxylation sites is 1. The molecule has 0 radical (unpaired) electrons. The van der Waals surface area contributed by atoms with Gasteiger partial charge in [0.05, 0.1) is 17.6 Å². The van der Waals surface area contributed by atoms with E-state index in [0.29, 0.717) is 0 Å². The highest BCUT2D eigenvalue weighted by molar-refractivity contribution is 5.61. The molecule has 1 aromatic heterocycles. The van der Waals surface area contributed by atoms with Crippen molar-refractivity contribution in [3.05, 3.63) is 66.4 Å². The summed E-state index contributed by atoms with van der Waals surface area (Å²) in [5.41, 5.74) is 4.37. The Hall–Kier alpha value is -2.42. The lowest BCUT2D eigenvalue weighted by atomic mass is 10.1. The number of benzene rings is 2. The molecular weight excluding hydrogens is 222 g/mol. The van der Waals surface area contributed by atoms with E-state index >= 15 is 0 Å². The van der Waals surface area contributed by atoms with Crippen LogP contribution in [0.1, 0.15) is 5.56 Å². The Bertz CT molecular complexity index is 656. The summed E-state index contributed by atoms with van der Waals surface area (Å²) >= 11 is 0. The summed E-state index contributed by atoms with van der Waals surface area (Å²) in [7, 11) is 0.